The largest absolute Gasteiger partial charge is 1.00 e. The van der Waals surface area contributed by atoms with Crippen molar-refractivity contribution in [2.24, 2.45) is 5.41 Å². The summed E-state index contributed by atoms with van der Waals surface area (Å²) in [7, 11) is 0. The van der Waals surface area contributed by atoms with Crippen LogP contribution in [0.3, 0.4) is 0 Å². The maximum Gasteiger partial charge on any atom is 0.271 e. The number of fused-ring (bicyclic) bond motifs is 3. The van der Waals surface area contributed by atoms with Gasteiger partial charge in [0.2, 0.25) is 0 Å². The summed E-state index contributed by atoms with van der Waals surface area (Å²) in [6.07, 6.45) is 7.05. The topological polar surface area (TPSA) is 17.0 Å². The maximum absolute atomic E-state index is 6.08. The molecule has 0 saturated carbocycles. The van der Waals surface area contributed by atoms with Gasteiger partial charge in [0.1, 0.15) is 12.1 Å². The Hall–Kier alpha value is -1.14. The molecule has 1 aliphatic rings. The van der Waals surface area contributed by atoms with Gasteiger partial charge in [-0.05, 0) is 61.1 Å². The first-order valence-electron chi connectivity index (χ1n) is 8.68. The number of aromatic nitrogens is 1. The van der Waals surface area contributed by atoms with E-state index in [1.165, 1.54) is 33.5 Å². The van der Waals surface area contributed by atoms with Gasteiger partial charge in [0.05, 0.1) is 5.39 Å². The molecule has 4 heteroatoms. The molecule has 0 bridgehead atoms. The minimum Gasteiger partial charge on any atom is -1.00 e. The van der Waals surface area contributed by atoms with Gasteiger partial charge in [-0.2, -0.15) is 4.57 Å². The van der Waals surface area contributed by atoms with Crippen molar-refractivity contribution in [3.8, 4) is 0 Å². The van der Waals surface area contributed by atoms with Gasteiger partial charge in [-0.3, -0.25) is 0 Å². The molecule has 132 valence electrons. The molecule has 0 aliphatic heterocycles. The van der Waals surface area contributed by atoms with E-state index < -0.39 is 0 Å². The second-order valence-electron chi connectivity index (χ2n) is 7.65. The average Bonchev–Trinajstić information content (AvgIpc) is 3.00. The van der Waals surface area contributed by atoms with Crippen molar-refractivity contribution < 1.29 is 33.0 Å². The molecule has 0 fully saturated rings. The number of thiazole rings is 1. The first kappa shape index (κ1) is 18.6. The highest BCUT2D eigenvalue weighted by Gasteiger charge is 2.27. The fourth-order valence-corrected chi connectivity index (χ4v) is 5.23. The van der Waals surface area contributed by atoms with E-state index in [4.69, 9.17) is 4.42 Å². The molecule has 2 nitrogen and oxygen atoms in total. The number of benzene rings is 1. The molecule has 0 amide bonds. The van der Waals surface area contributed by atoms with Crippen molar-refractivity contribution in [2.75, 3.05) is 0 Å². The number of hydrogen-bond acceptors (Lipinski definition) is 2. The van der Waals surface area contributed by atoms with Gasteiger partial charge in [0.25, 0.3) is 15.4 Å². The zero-order valence-electron chi connectivity index (χ0n) is 15.2. The third-order valence-corrected chi connectivity index (χ3v) is 5.78. The summed E-state index contributed by atoms with van der Waals surface area (Å²) in [6, 6.07) is 8.33. The first-order chi connectivity index (χ1) is 11.5. The SMILES string of the molecule is CC[n+]1c(C=C2C=C(C)CC(C)(C)C2)sc2oc3ccccc3c21.[I-]. The summed E-state index contributed by atoms with van der Waals surface area (Å²) < 4.78 is 8.47. The summed E-state index contributed by atoms with van der Waals surface area (Å²) in [5.74, 6) is 0. The molecule has 3 aromatic rings. The van der Waals surface area contributed by atoms with Crippen molar-refractivity contribution in [3.63, 3.8) is 0 Å². The van der Waals surface area contributed by atoms with Gasteiger partial charge in [0, 0.05) is 6.08 Å². The highest BCUT2D eigenvalue weighted by atomic mass is 127. The molecule has 0 atom stereocenters. The van der Waals surface area contributed by atoms with Gasteiger partial charge >= 0.3 is 0 Å². The lowest BCUT2D eigenvalue weighted by Crippen LogP contribution is -3.00. The van der Waals surface area contributed by atoms with Crippen molar-refractivity contribution in [1.29, 1.82) is 0 Å². The van der Waals surface area contributed by atoms with Gasteiger partial charge in [-0.1, -0.05) is 37.6 Å². The zero-order valence-corrected chi connectivity index (χ0v) is 18.2. The third kappa shape index (κ3) is 3.43. The summed E-state index contributed by atoms with van der Waals surface area (Å²) in [6.45, 7) is 10.1. The number of para-hydroxylation sites is 1. The average molecular weight is 465 g/mol. The fraction of sp³-hybridized carbons (Fsp3) is 0.381. The standard InChI is InChI=1S/C21H24NOS.HI/c1-5-22-18(11-15-10-14(2)12-21(3,4)13-15)24-20-19(22)16-8-6-7-9-17(16)23-20;/h6-11H,5,12-13H2,1-4H3;1H/q+1;/p-1. The Balaban J connectivity index is 0.00000182. The minimum absolute atomic E-state index is 0. The highest BCUT2D eigenvalue weighted by molar-refractivity contribution is 7.18. The summed E-state index contributed by atoms with van der Waals surface area (Å²) in [5, 5.41) is 2.50. The molecule has 0 N–H and O–H groups in total. The lowest BCUT2D eigenvalue weighted by Gasteiger charge is -2.29. The maximum atomic E-state index is 6.08. The predicted molar refractivity (Wildman–Crippen MR) is 102 cm³/mol. The van der Waals surface area contributed by atoms with E-state index in [1.807, 2.05) is 6.07 Å². The molecular weight excluding hydrogens is 441 g/mol. The molecule has 0 radical (unpaired) electrons. The van der Waals surface area contributed by atoms with Gasteiger partial charge in [0.15, 0.2) is 0 Å². The van der Waals surface area contributed by atoms with Crippen molar-refractivity contribution >= 4 is 38.8 Å². The van der Waals surface area contributed by atoms with Crippen LogP contribution in [0.5, 0.6) is 0 Å². The third-order valence-electron chi connectivity index (χ3n) is 4.77. The molecule has 0 spiro atoms. The van der Waals surface area contributed by atoms with Gasteiger partial charge < -0.3 is 28.4 Å². The van der Waals surface area contributed by atoms with Crippen LogP contribution in [0, 0.1) is 5.41 Å². The number of rotatable bonds is 2. The first-order valence-corrected chi connectivity index (χ1v) is 9.50. The van der Waals surface area contributed by atoms with Crippen LogP contribution in [0.2, 0.25) is 0 Å². The Morgan fingerprint density at radius 2 is 2.00 bits per heavy atom. The van der Waals surface area contributed by atoms with Crippen molar-refractivity contribution in [1.82, 2.24) is 0 Å². The Bertz CT molecular complexity index is 990. The van der Waals surface area contributed by atoms with Crippen LogP contribution in [0.1, 0.15) is 45.5 Å². The molecule has 2 heterocycles. The summed E-state index contributed by atoms with van der Waals surface area (Å²) >= 11 is 1.76. The van der Waals surface area contributed by atoms with Crippen molar-refractivity contribution in [2.45, 2.75) is 47.1 Å². The number of hydrogen-bond donors (Lipinski definition) is 0. The van der Waals surface area contributed by atoms with E-state index in [1.54, 1.807) is 11.3 Å². The van der Waals surface area contributed by atoms with Crippen LogP contribution < -0.4 is 28.5 Å². The molecule has 25 heavy (non-hydrogen) atoms. The van der Waals surface area contributed by atoms with Crippen LogP contribution in [0.25, 0.3) is 27.5 Å². The van der Waals surface area contributed by atoms with E-state index in [2.05, 4.69) is 62.6 Å². The van der Waals surface area contributed by atoms with E-state index >= 15 is 0 Å². The minimum atomic E-state index is 0. The Labute approximate surface area is 170 Å². The summed E-state index contributed by atoms with van der Waals surface area (Å²) in [5.41, 5.74) is 5.48. The normalized spacial score (nSPS) is 18.6. The van der Waals surface area contributed by atoms with Crippen LogP contribution in [0.15, 0.2) is 45.9 Å². The second-order valence-corrected chi connectivity index (χ2v) is 8.64. The molecule has 0 saturated heterocycles. The molecule has 0 unspecified atom stereocenters. The number of allylic oxidation sites excluding steroid dienone is 3. The molecule has 2 aromatic heterocycles. The lowest BCUT2D eigenvalue weighted by atomic mass is 9.75. The quantitative estimate of drug-likeness (QED) is 0.420. The highest BCUT2D eigenvalue weighted by Crippen LogP contribution is 2.39. The van der Waals surface area contributed by atoms with Gasteiger partial charge in [-0.15, -0.1) is 0 Å². The van der Waals surface area contributed by atoms with Crippen LogP contribution in [0.4, 0.5) is 0 Å². The smallest absolute Gasteiger partial charge is 0.271 e. The van der Waals surface area contributed by atoms with E-state index in [0.29, 0.717) is 5.41 Å². The Kier molecular flexibility index (Phi) is 5.13. The molecule has 1 aromatic carbocycles. The molecular formula is C21H24INOS. The molecule has 1 aliphatic carbocycles. The monoisotopic (exact) mass is 465 g/mol. The predicted octanol–water partition coefficient (Wildman–Crippen LogP) is 3.11. The number of halogens is 1. The lowest BCUT2D eigenvalue weighted by molar-refractivity contribution is -0.664. The van der Waals surface area contributed by atoms with Gasteiger partial charge in [-0.25, -0.2) is 0 Å². The van der Waals surface area contributed by atoms with E-state index in [0.717, 1.165) is 23.4 Å². The Morgan fingerprint density at radius 1 is 1.24 bits per heavy atom. The molecule has 4 rings (SSSR count). The van der Waals surface area contributed by atoms with Crippen molar-refractivity contribution in [3.05, 3.63) is 46.5 Å². The number of furan rings is 1. The van der Waals surface area contributed by atoms with Crippen LogP contribution in [-0.4, -0.2) is 0 Å². The number of aryl methyl sites for hydroxylation is 1. The van der Waals surface area contributed by atoms with E-state index in [-0.39, 0.29) is 24.0 Å². The second kappa shape index (κ2) is 6.88. The van der Waals surface area contributed by atoms with E-state index in [9.17, 15) is 0 Å². The zero-order chi connectivity index (χ0) is 16.9. The Morgan fingerprint density at radius 3 is 2.72 bits per heavy atom. The van der Waals surface area contributed by atoms with Crippen LogP contribution >= 0.6 is 11.3 Å². The number of nitrogens with zero attached hydrogens (tertiary/aromatic N) is 1. The van der Waals surface area contributed by atoms with Crippen LogP contribution in [-0.2, 0) is 6.54 Å². The fourth-order valence-electron chi connectivity index (χ4n) is 4.06. The summed E-state index contributed by atoms with van der Waals surface area (Å²) in [4.78, 5) is 1.03.